The summed E-state index contributed by atoms with van der Waals surface area (Å²) in [6.07, 6.45) is 15.3. The Hall–Kier alpha value is -1.05. The van der Waals surface area contributed by atoms with Crippen LogP contribution in [-0.4, -0.2) is 5.84 Å². The fourth-order valence-electron chi connectivity index (χ4n) is 2.00. The molecule has 0 aromatic rings. The van der Waals surface area contributed by atoms with Gasteiger partial charge >= 0.3 is 0 Å². The molecule has 0 heterocycles. The van der Waals surface area contributed by atoms with E-state index < -0.39 is 0 Å². The molecule has 2 nitrogen and oxygen atoms in total. The number of nitrogens with zero attached hydrogens (tertiary/aromatic N) is 1. The number of aliphatic imine (C=N–C) groups is 1. The SMILES string of the molecule is C=C/C=C\N=C(/N)C(CCCC)CCCCCC. The quantitative estimate of drug-likeness (QED) is 0.243. The highest BCUT2D eigenvalue weighted by atomic mass is 14.8. The number of amidine groups is 1. The molecule has 0 amide bonds. The summed E-state index contributed by atoms with van der Waals surface area (Å²) in [5.74, 6) is 1.24. The van der Waals surface area contributed by atoms with Crippen molar-refractivity contribution in [1.29, 1.82) is 0 Å². The lowest BCUT2D eigenvalue weighted by Gasteiger charge is -2.15. The fourth-order valence-corrected chi connectivity index (χ4v) is 2.00. The molecule has 0 aromatic heterocycles. The molecule has 0 fully saturated rings. The second-order valence-corrected chi connectivity index (χ2v) is 4.82. The van der Waals surface area contributed by atoms with E-state index in [1.165, 1.54) is 51.4 Å². The Morgan fingerprint density at radius 3 is 2.39 bits per heavy atom. The largest absolute Gasteiger partial charge is 0.387 e. The number of rotatable bonds is 11. The van der Waals surface area contributed by atoms with Crippen LogP contribution in [0.5, 0.6) is 0 Å². The van der Waals surface area contributed by atoms with Crippen molar-refractivity contribution in [1.82, 2.24) is 0 Å². The number of nitrogens with two attached hydrogens (primary N) is 1. The Labute approximate surface area is 113 Å². The van der Waals surface area contributed by atoms with E-state index in [9.17, 15) is 0 Å². The van der Waals surface area contributed by atoms with Gasteiger partial charge in [-0.1, -0.05) is 65.0 Å². The van der Waals surface area contributed by atoms with Crippen molar-refractivity contribution in [2.45, 2.75) is 65.2 Å². The molecule has 0 aliphatic heterocycles. The summed E-state index contributed by atoms with van der Waals surface area (Å²) in [5, 5.41) is 0. The summed E-state index contributed by atoms with van der Waals surface area (Å²) in [7, 11) is 0. The van der Waals surface area contributed by atoms with Crippen LogP contribution in [0.25, 0.3) is 0 Å². The maximum absolute atomic E-state index is 6.08. The minimum Gasteiger partial charge on any atom is -0.387 e. The van der Waals surface area contributed by atoms with Gasteiger partial charge in [0, 0.05) is 12.1 Å². The van der Waals surface area contributed by atoms with E-state index in [1.54, 1.807) is 12.3 Å². The molecule has 0 saturated heterocycles. The molecule has 0 bridgehead atoms. The summed E-state index contributed by atoms with van der Waals surface area (Å²) in [6.45, 7) is 8.09. The van der Waals surface area contributed by atoms with Crippen molar-refractivity contribution in [3.63, 3.8) is 0 Å². The second-order valence-electron chi connectivity index (χ2n) is 4.82. The maximum Gasteiger partial charge on any atom is 0.102 e. The minimum absolute atomic E-state index is 0.455. The van der Waals surface area contributed by atoms with Crippen molar-refractivity contribution in [3.05, 3.63) is 24.9 Å². The molecule has 1 atom stereocenters. The molecule has 2 N–H and O–H groups in total. The highest BCUT2D eigenvalue weighted by Gasteiger charge is 2.11. The molecule has 0 aliphatic carbocycles. The van der Waals surface area contributed by atoms with Crippen LogP contribution in [0.3, 0.4) is 0 Å². The van der Waals surface area contributed by atoms with Crippen LogP contribution in [0, 0.1) is 5.92 Å². The number of hydrogen-bond donors (Lipinski definition) is 1. The molecule has 2 heteroatoms. The zero-order valence-corrected chi connectivity index (χ0v) is 12.2. The normalized spacial score (nSPS) is 14.0. The van der Waals surface area contributed by atoms with Gasteiger partial charge in [0.2, 0.25) is 0 Å². The van der Waals surface area contributed by atoms with Gasteiger partial charge in [0.1, 0.15) is 5.84 Å². The summed E-state index contributed by atoms with van der Waals surface area (Å²) < 4.78 is 0. The van der Waals surface area contributed by atoms with Crippen LogP contribution in [0.4, 0.5) is 0 Å². The van der Waals surface area contributed by atoms with Gasteiger partial charge in [-0.2, -0.15) is 0 Å². The van der Waals surface area contributed by atoms with Crippen LogP contribution in [0.15, 0.2) is 29.9 Å². The lowest BCUT2D eigenvalue weighted by Crippen LogP contribution is -2.23. The molecule has 104 valence electrons. The van der Waals surface area contributed by atoms with E-state index in [4.69, 9.17) is 5.73 Å². The first-order valence-electron chi connectivity index (χ1n) is 7.36. The number of hydrogen-bond acceptors (Lipinski definition) is 1. The first kappa shape index (κ1) is 16.9. The minimum atomic E-state index is 0.455. The van der Waals surface area contributed by atoms with Gasteiger partial charge in [-0.3, -0.25) is 0 Å². The Balaban J connectivity index is 4.22. The lowest BCUT2D eigenvalue weighted by molar-refractivity contribution is 0.503. The Morgan fingerprint density at radius 2 is 1.78 bits per heavy atom. The summed E-state index contributed by atoms with van der Waals surface area (Å²) in [5.41, 5.74) is 6.08. The van der Waals surface area contributed by atoms with Crippen LogP contribution >= 0.6 is 0 Å². The van der Waals surface area contributed by atoms with E-state index >= 15 is 0 Å². The second kappa shape index (κ2) is 12.4. The fraction of sp³-hybridized carbons (Fsp3) is 0.688. The van der Waals surface area contributed by atoms with Gasteiger partial charge in [-0.05, 0) is 18.9 Å². The molecule has 0 saturated carbocycles. The third kappa shape index (κ3) is 9.03. The standard InChI is InChI=1S/C16H30N2/c1-4-7-10-11-13-15(12-8-5-2)16(17)18-14-9-6-3/h6,9,14-15H,3-5,7-8,10-13H2,1-2H3,(H2,17,18)/b14-9-. The van der Waals surface area contributed by atoms with Crippen molar-refractivity contribution < 1.29 is 0 Å². The molecule has 0 rings (SSSR count). The van der Waals surface area contributed by atoms with Gasteiger partial charge < -0.3 is 5.73 Å². The lowest BCUT2D eigenvalue weighted by atomic mass is 9.94. The number of allylic oxidation sites excluding steroid dienone is 2. The Morgan fingerprint density at radius 1 is 1.11 bits per heavy atom. The van der Waals surface area contributed by atoms with E-state index in [1.807, 2.05) is 6.08 Å². The number of unbranched alkanes of at least 4 members (excludes halogenated alkanes) is 4. The highest BCUT2D eigenvalue weighted by Crippen LogP contribution is 2.17. The van der Waals surface area contributed by atoms with Crippen molar-refractivity contribution in [3.8, 4) is 0 Å². The average molecular weight is 250 g/mol. The maximum atomic E-state index is 6.08. The van der Waals surface area contributed by atoms with E-state index in [0.29, 0.717) is 5.92 Å². The van der Waals surface area contributed by atoms with Crippen molar-refractivity contribution in [2.75, 3.05) is 0 Å². The molecule has 18 heavy (non-hydrogen) atoms. The van der Waals surface area contributed by atoms with E-state index in [-0.39, 0.29) is 0 Å². The molecular formula is C16H30N2. The van der Waals surface area contributed by atoms with Gasteiger partial charge in [0.05, 0.1) is 0 Å². The first-order chi connectivity index (χ1) is 8.76. The van der Waals surface area contributed by atoms with Gasteiger partial charge in [0.15, 0.2) is 0 Å². The zero-order chi connectivity index (χ0) is 13.6. The Bertz CT molecular complexity index is 254. The summed E-state index contributed by atoms with van der Waals surface area (Å²) >= 11 is 0. The van der Waals surface area contributed by atoms with Crippen LogP contribution in [0.2, 0.25) is 0 Å². The molecular weight excluding hydrogens is 220 g/mol. The zero-order valence-electron chi connectivity index (χ0n) is 12.2. The molecule has 1 unspecified atom stereocenters. The molecule has 0 aliphatic rings. The van der Waals surface area contributed by atoms with Gasteiger partial charge in [0.25, 0.3) is 0 Å². The molecule has 0 radical (unpaired) electrons. The van der Waals surface area contributed by atoms with Crippen molar-refractivity contribution in [2.24, 2.45) is 16.6 Å². The predicted octanol–water partition coefficient (Wildman–Crippen LogP) is 4.82. The summed E-state index contributed by atoms with van der Waals surface area (Å²) in [6, 6.07) is 0. The molecule has 0 aromatic carbocycles. The third-order valence-corrected chi connectivity index (χ3v) is 3.18. The van der Waals surface area contributed by atoms with E-state index in [2.05, 4.69) is 25.4 Å². The van der Waals surface area contributed by atoms with Crippen LogP contribution in [0.1, 0.15) is 65.2 Å². The van der Waals surface area contributed by atoms with E-state index in [0.717, 1.165) is 5.84 Å². The van der Waals surface area contributed by atoms with Gasteiger partial charge in [-0.25, -0.2) is 4.99 Å². The smallest absolute Gasteiger partial charge is 0.102 e. The van der Waals surface area contributed by atoms with Gasteiger partial charge in [-0.15, -0.1) is 0 Å². The first-order valence-corrected chi connectivity index (χ1v) is 7.36. The predicted molar refractivity (Wildman–Crippen MR) is 82.7 cm³/mol. The van der Waals surface area contributed by atoms with Crippen molar-refractivity contribution >= 4 is 5.84 Å². The average Bonchev–Trinajstić information content (AvgIpc) is 2.38. The highest BCUT2D eigenvalue weighted by molar-refractivity contribution is 5.83. The monoisotopic (exact) mass is 250 g/mol. The topological polar surface area (TPSA) is 38.4 Å². The van der Waals surface area contributed by atoms with Crippen LogP contribution < -0.4 is 5.73 Å². The Kier molecular flexibility index (Phi) is 11.7. The van der Waals surface area contributed by atoms with Crippen LogP contribution in [-0.2, 0) is 0 Å². The summed E-state index contributed by atoms with van der Waals surface area (Å²) in [4.78, 5) is 4.31. The third-order valence-electron chi connectivity index (χ3n) is 3.18. The molecule has 0 spiro atoms.